The summed E-state index contributed by atoms with van der Waals surface area (Å²) in [6.45, 7) is 6.31. The molecule has 2 rings (SSSR count). The van der Waals surface area contributed by atoms with Crippen LogP contribution in [0.3, 0.4) is 0 Å². The molecule has 0 radical (unpaired) electrons. The van der Waals surface area contributed by atoms with Crippen molar-refractivity contribution in [2.45, 2.75) is 59.0 Å². The Kier molecular flexibility index (Phi) is 4.32. The van der Waals surface area contributed by atoms with Crippen LogP contribution < -0.4 is 0 Å². The maximum absolute atomic E-state index is 10.7. The van der Waals surface area contributed by atoms with Crippen LogP contribution in [0.25, 0.3) is 0 Å². The average Bonchev–Trinajstić information content (AvgIpc) is 2.77. The highest BCUT2D eigenvalue weighted by Gasteiger charge is 2.42. The molecule has 1 aliphatic rings. The minimum Gasteiger partial charge on any atom is -0.387 e. The van der Waals surface area contributed by atoms with Gasteiger partial charge in [-0.05, 0) is 57.1 Å². The molecule has 0 bridgehead atoms. The number of thiophene rings is 1. The summed E-state index contributed by atoms with van der Waals surface area (Å²) in [5, 5.41) is 20.4. The van der Waals surface area contributed by atoms with Crippen molar-refractivity contribution in [3.63, 3.8) is 0 Å². The molecule has 3 heteroatoms. The second kappa shape index (κ2) is 5.64. The van der Waals surface area contributed by atoms with Crippen LogP contribution in [0.5, 0.6) is 0 Å². The Bertz CT molecular complexity index is 477. The third-order valence-electron chi connectivity index (χ3n) is 4.69. The van der Waals surface area contributed by atoms with Crippen LogP contribution in [0, 0.1) is 36.5 Å². The van der Waals surface area contributed by atoms with E-state index in [2.05, 4.69) is 26.0 Å². The lowest BCUT2D eigenvalue weighted by Crippen LogP contribution is -2.32. The summed E-state index contributed by atoms with van der Waals surface area (Å²) < 4.78 is 0. The van der Waals surface area contributed by atoms with E-state index in [1.807, 2.05) is 6.92 Å². The van der Waals surface area contributed by atoms with Gasteiger partial charge in [0, 0.05) is 9.75 Å². The predicted molar refractivity (Wildman–Crippen MR) is 79.0 cm³/mol. The summed E-state index contributed by atoms with van der Waals surface area (Å²) in [6.07, 6.45) is 4.37. The van der Waals surface area contributed by atoms with E-state index in [4.69, 9.17) is 0 Å². The number of hydrogen-bond donors (Lipinski definition) is 1. The Labute approximate surface area is 120 Å². The van der Waals surface area contributed by atoms with Crippen molar-refractivity contribution in [2.24, 2.45) is 11.3 Å². The van der Waals surface area contributed by atoms with Gasteiger partial charge in [0.25, 0.3) is 0 Å². The van der Waals surface area contributed by atoms with E-state index < -0.39 is 11.5 Å². The van der Waals surface area contributed by atoms with Crippen LogP contribution in [-0.2, 0) is 0 Å². The first kappa shape index (κ1) is 14.6. The Morgan fingerprint density at radius 2 is 2.11 bits per heavy atom. The molecule has 1 saturated carbocycles. The van der Waals surface area contributed by atoms with Crippen LogP contribution in [0.1, 0.15) is 60.4 Å². The van der Waals surface area contributed by atoms with E-state index in [-0.39, 0.29) is 0 Å². The number of nitrogens with zero attached hydrogens (tertiary/aromatic N) is 1. The molecule has 1 heterocycles. The first-order valence-electron chi connectivity index (χ1n) is 7.18. The van der Waals surface area contributed by atoms with Gasteiger partial charge in [-0.25, -0.2) is 0 Å². The van der Waals surface area contributed by atoms with Crippen molar-refractivity contribution < 1.29 is 5.11 Å². The van der Waals surface area contributed by atoms with E-state index in [1.165, 1.54) is 11.3 Å². The third-order valence-corrected chi connectivity index (χ3v) is 5.68. The van der Waals surface area contributed by atoms with E-state index in [0.717, 1.165) is 42.0 Å². The zero-order valence-corrected chi connectivity index (χ0v) is 12.9. The van der Waals surface area contributed by atoms with Crippen molar-refractivity contribution >= 4 is 11.3 Å². The van der Waals surface area contributed by atoms with Crippen LogP contribution in [0.4, 0.5) is 0 Å². The molecule has 1 N–H and O–H groups in total. The Morgan fingerprint density at radius 3 is 2.53 bits per heavy atom. The van der Waals surface area contributed by atoms with Crippen LogP contribution >= 0.6 is 11.3 Å². The van der Waals surface area contributed by atoms with Gasteiger partial charge in [-0.15, -0.1) is 11.3 Å². The van der Waals surface area contributed by atoms with E-state index in [9.17, 15) is 10.4 Å². The average molecular weight is 277 g/mol. The summed E-state index contributed by atoms with van der Waals surface area (Å²) >= 11 is 1.71. The monoisotopic (exact) mass is 277 g/mol. The first-order valence-corrected chi connectivity index (χ1v) is 8.00. The van der Waals surface area contributed by atoms with Gasteiger partial charge in [-0.2, -0.15) is 5.26 Å². The lowest BCUT2D eigenvalue weighted by molar-refractivity contribution is 0.0242. The summed E-state index contributed by atoms with van der Waals surface area (Å²) in [5.41, 5.74) is 0.406. The topological polar surface area (TPSA) is 44.0 Å². The number of rotatable bonds is 3. The van der Waals surface area contributed by atoms with Crippen LogP contribution in [0.15, 0.2) is 6.07 Å². The SMILES string of the molecule is CCC1CCC(C#N)(C(O)c2cc(C)sc2C)CC1. The molecule has 1 atom stereocenters. The molecule has 104 valence electrons. The summed E-state index contributed by atoms with van der Waals surface area (Å²) in [4.78, 5) is 2.36. The number of hydrogen-bond acceptors (Lipinski definition) is 3. The zero-order valence-electron chi connectivity index (χ0n) is 12.1. The zero-order chi connectivity index (χ0) is 14.0. The summed E-state index contributed by atoms with van der Waals surface area (Å²) in [5.74, 6) is 0.735. The van der Waals surface area contributed by atoms with E-state index in [0.29, 0.717) is 0 Å². The summed E-state index contributed by atoms with van der Waals surface area (Å²) in [7, 11) is 0. The number of nitriles is 1. The molecular formula is C16H23NOS. The van der Waals surface area contributed by atoms with Crippen molar-refractivity contribution in [3.8, 4) is 6.07 Å². The second-order valence-electron chi connectivity index (χ2n) is 5.89. The smallest absolute Gasteiger partial charge is 0.0987 e. The summed E-state index contributed by atoms with van der Waals surface area (Å²) in [6, 6.07) is 4.50. The fraction of sp³-hybridized carbons (Fsp3) is 0.688. The molecule has 2 nitrogen and oxygen atoms in total. The molecule has 0 saturated heterocycles. The fourth-order valence-corrected chi connectivity index (χ4v) is 4.22. The molecule has 1 unspecified atom stereocenters. The lowest BCUT2D eigenvalue weighted by Gasteiger charge is -2.38. The highest BCUT2D eigenvalue weighted by molar-refractivity contribution is 7.12. The van der Waals surface area contributed by atoms with Crippen molar-refractivity contribution in [1.82, 2.24) is 0 Å². The second-order valence-corrected chi connectivity index (χ2v) is 7.35. The van der Waals surface area contributed by atoms with Gasteiger partial charge in [0.2, 0.25) is 0 Å². The Hall–Kier alpha value is -0.850. The van der Waals surface area contributed by atoms with Crippen molar-refractivity contribution in [3.05, 3.63) is 21.4 Å². The number of aliphatic hydroxyl groups is 1. The highest BCUT2D eigenvalue weighted by atomic mass is 32.1. The van der Waals surface area contributed by atoms with Gasteiger partial charge in [0.1, 0.15) is 0 Å². The molecule has 0 spiro atoms. The molecular weight excluding hydrogens is 254 g/mol. The molecule has 0 aliphatic heterocycles. The van der Waals surface area contributed by atoms with Gasteiger partial charge in [0.15, 0.2) is 0 Å². The lowest BCUT2D eigenvalue weighted by atomic mass is 9.66. The maximum atomic E-state index is 10.7. The van der Waals surface area contributed by atoms with Gasteiger partial charge < -0.3 is 5.11 Å². The molecule has 1 aromatic heterocycles. The van der Waals surface area contributed by atoms with Gasteiger partial charge in [-0.1, -0.05) is 13.3 Å². The van der Waals surface area contributed by atoms with Crippen molar-refractivity contribution in [1.29, 1.82) is 5.26 Å². The normalized spacial score (nSPS) is 28.9. The molecule has 1 aliphatic carbocycles. The maximum Gasteiger partial charge on any atom is 0.0987 e. The predicted octanol–water partition coefficient (Wildman–Crippen LogP) is 4.51. The van der Waals surface area contributed by atoms with Gasteiger partial charge in [0.05, 0.1) is 17.6 Å². The molecule has 0 aromatic carbocycles. The largest absolute Gasteiger partial charge is 0.387 e. The first-order chi connectivity index (χ1) is 9.02. The molecule has 1 aromatic rings. The molecule has 19 heavy (non-hydrogen) atoms. The Balaban J connectivity index is 2.23. The Morgan fingerprint density at radius 1 is 1.47 bits per heavy atom. The van der Waals surface area contributed by atoms with Gasteiger partial charge in [-0.3, -0.25) is 0 Å². The minimum atomic E-state index is -0.625. The minimum absolute atomic E-state index is 0.566. The quantitative estimate of drug-likeness (QED) is 0.883. The van der Waals surface area contributed by atoms with E-state index >= 15 is 0 Å². The van der Waals surface area contributed by atoms with Gasteiger partial charge >= 0.3 is 0 Å². The van der Waals surface area contributed by atoms with Crippen molar-refractivity contribution in [2.75, 3.05) is 0 Å². The fourth-order valence-electron chi connectivity index (χ4n) is 3.27. The van der Waals surface area contributed by atoms with Crippen LogP contribution in [-0.4, -0.2) is 5.11 Å². The standard InChI is InChI=1S/C16H23NOS/c1-4-13-5-7-16(10-17,8-6-13)15(18)14-9-11(2)19-12(14)3/h9,13,15,18H,4-8H2,1-3H3. The molecule has 0 amide bonds. The number of aliphatic hydroxyl groups excluding tert-OH is 1. The molecule has 1 fully saturated rings. The van der Waals surface area contributed by atoms with E-state index in [1.54, 1.807) is 11.3 Å². The number of aryl methyl sites for hydroxylation is 2. The van der Waals surface area contributed by atoms with Crippen LogP contribution in [0.2, 0.25) is 0 Å². The highest BCUT2D eigenvalue weighted by Crippen LogP contribution is 2.49. The third kappa shape index (κ3) is 2.70.